The fraction of sp³-hybridized carbons (Fsp3) is 0.476. The molecule has 1 aromatic carbocycles. The Morgan fingerprint density at radius 1 is 1.29 bits per heavy atom. The van der Waals surface area contributed by atoms with Gasteiger partial charge in [-0.15, -0.1) is 0 Å². The lowest BCUT2D eigenvalue weighted by molar-refractivity contribution is -0.137. The molecule has 0 fully saturated rings. The van der Waals surface area contributed by atoms with Gasteiger partial charge in [0, 0.05) is 44.4 Å². The molecule has 0 spiro atoms. The maximum atomic E-state index is 12.2. The van der Waals surface area contributed by atoms with E-state index in [0.29, 0.717) is 23.8 Å². The van der Waals surface area contributed by atoms with E-state index in [2.05, 4.69) is 4.90 Å². The zero-order valence-corrected chi connectivity index (χ0v) is 18.5. The van der Waals surface area contributed by atoms with E-state index in [-0.39, 0.29) is 12.5 Å². The number of aliphatic carboxylic acids is 1. The average molecular weight is 407 g/mol. The molecule has 1 rings (SSSR count). The Morgan fingerprint density at radius 3 is 2.39 bits per heavy atom. The van der Waals surface area contributed by atoms with Crippen LogP contribution >= 0.6 is 8.03 Å². The summed E-state index contributed by atoms with van der Waals surface area (Å²) >= 11 is 0. The highest BCUT2D eigenvalue weighted by Crippen LogP contribution is 2.45. The number of anilines is 2. The average Bonchev–Trinajstić information content (AvgIpc) is 2.58. The number of rotatable bonds is 10. The summed E-state index contributed by atoms with van der Waals surface area (Å²) in [6.07, 6.45) is 4.25. The second-order valence-corrected chi connectivity index (χ2v) is 8.18. The fourth-order valence-corrected chi connectivity index (χ4v) is 3.86. The molecule has 0 saturated heterocycles. The van der Waals surface area contributed by atoms with Crippen LogP contribution in [0.25, 0.3) is 5.31 Å². The number of hydrogen-bond acceptors (Lipinski definition) is 4. The van der Waals surface area contributed by atoms with Gasteiger partial charge in [-0.25, -0.2) is 0 Å². The first-order valence-electron chi connectivity index (χ1n) is 9.40. The maximum absolute atomic E-state index is 12.2. The van der Waals surface area contributed by atoms with Crippen molar-refractivity contribution in [3.05, 3.63) is 41.5 Å². The van der Waals surface area contributed by atoms with Crippen LogP contribution in [-0.4, -0.2) is 42.7 Å². The molecule has 154 valence electrons. The van der Waals surface area contributed by atoms with E-state index < -0.39 is 14.0 Å². The van der Waals surface area contributed by atoms with Gasteiger partial charge in [0.1, 0.15) is 0 Å². The molecule has 0 aromatic heterocycles. The minimum Gasteiger partial charge on any atom is -0.481 e. The molecular formula is C21H32N2O4P+. The van der Waals surface area contributed by atoms with Crippen molar-refractivity contribution in [2.75, 3.05) is 30.4 Å². The van der Waals surface area contributed by atoms with E-state index in [4.69, 9.17) is 5.11 Å². The molecule has 0 radical (unpaired) electrons. The summed E-state index contributed by atoms with van der Waals surface area (Å²) in [6.45, 7) is 8.31. The van der Waals surface area contributed by atoms with Crippen molar-refractivity contribution in [3.63, 3.8) is 0 Å². The molecule has 0 aliphatic rings. The topological polar surface area (TPSA) is 81.1 Å². The Bertz CT molecular complexity index is 770. The molecule has 1 atom stereocenters. The molecular weight excluding hydrogens is 375 g/mol. The van der Waals surface area contributed by atoms with Crippen LogP contribution in [0.1, 0.15) is 46.1 Å². The van der Waals surface area contributed by atoms with Crippen LogP contribution in [0, 0.1) is 0 Å². The van der Waals surface area contributed by atoms with Gasteiger partial charge in [0.2, 0.25) is 5.31 Å². The highest BCUT2D eigenvalue weighted by Gasteiger charge is 2.30. The predicted octanol–water partition coefficient (Wildman–Crippen LogP) is 4.87. The second kappa shape index (κ2) is 11.0. The van der Waals surface area contributed by atoms with Gasteiger partial charge in [-0.3, -0.25) is 4.79 Å². The lowest BCUT2D eigenvalue weighted by Crippen LogP contribution is -2.33. The smallest absolute Gasteiger partial charge is 0.481 e. The maximum Gasteiger partial charge on any atom is 0.547 e. The van der Waals surface area contributed by atoms with Crippen LogP contribution in [0.3, 0.4) is 0 Å². The third-order valence-corrected chi connectivity index (χ3v) is 5.43. The molecule has 0 amide bonds. The third-order valence-electron chi connectivity index (χ3n) is 4.46. The van der Waals surface area contributed by atoms with E-state index in [0.717, 1.165) is 16.9 Å². The Balaban J connectivity index is 3.62. The number of carboxylic acid groups (broad SMARTS) is 1. The zero-order valence-electron chi connectivity index (χ0n) is 17.6. The number of hydrogen-bond donors (Lipinski definition) is 2. The van der Waals surface area contributed by atoms with Crippen molar-refractivity contribution in [3.8, 4) is 0 Å². The minimum atomic E-state index is -2.56. The number of benzene rings is 1. The van der Waals surface area contributed by atoms with Crippen molar-refractivity contribution in [2.45, 2.75) is 46.6 Å². The summed E-state index contributed by atoms with van der Waals surface area (Å²) in [5, 5.41) is 9.39. The molecule has 0 bridgehead atoms. The Kier molecular flexibility index (Phi) is 9.36. The first-order valence-corrected chi connectivity index (χ1v) is 10.6. The van der Waals surface area contributed by atoms with Crippen LogP contribution in [-0.2, 0) is 9.36 Å². The van der Waals surface area contributed by atoms with Crippen molar-refractivity contribution in [2.24, 2.45) is 0 Å². The monoisotopic (exact) mass is 407 g/mol. The second-order valence-electron chi connectivity index (χ2n) is 7.18. The number of nitrogens with zero attached hydrogens (tertiary/aromatic N) is 2. The molecule has 1 unspecified atom stereocenters. The lowest BCUT2D eigenvalue weighted by atomic mass is 10.0. The van der Waals surface area contributed by atoms with Crippen molar-refractivity contribution < 1.29 is 19.4 Å². The number of carbonyl (C=O) groups is 1. The summed E-state index contributed by atoms with van der Waals surface area (Å²) in [4.78, 5) is 25.1. The molecule has 0 heterocycles. The first-order chi connectivity index (χ1) is 13.1. The van der Waals surface area contributed by atoms with Gasteiger partial charge in [-0.1, -0.05) is 12.2 Å². The number of carboxylic acids is 1. The van der Waals surface area contributed by atoms with E-state index in [9.17, 15) is 14.3 Å². The van der Waals surface area contributed by atoms with Gasteiger partial charge in [0.15, 0.2) is 0 Å². The quantitative estimate of drug-likeness (QED) is 0.425. The van der Waals surface area contributed by atoms with Gasteiger partial charge in [-0.05, 0) is 56.9 Å². The molecule has 2 N–H and O–H groups in total. The summed E-state index contributed by atoms with van der Waals surface area (Å²) < 4.78 is 12.2. The van der Waals surface area contributed by atoms with Gasteiger partial charge in [0.05, 0.1) is 11.3 Å². The van der Waals surface area contributed by atoms with Crippen LogP contribution in [0.15, 0.2) is 35.9 Å². The Morgan fingerprint density at radius 2 is 1.93 bits per heavy atom. The largest absolute Gasteiger partial charge is 0.547 e. The van der Waals surface area contributed by atoms with Gasteiger partial charge >= 0.3 is 14.0 Å². The van der Waals surface area contributed by atoms with Crippen LogP contribution < -0.4 is 9.80 Å². The third kappa shape index (κ3) is 6.47. The SMILES string of the molecule is C/C=C\C(C)=C(\c1ccc(N(C)C)cc1N(CCCC(=O)O)C(C)C)[P+](=O)O. The first kappa shape index (κ1) is 23.9. The standard InChI is InChI=1S/C21H31N2O4P/c1-7-9-16(4)21(28(26)27)18-12-11-17(22(5)6)14-19(18)23(15(2)3)13-8-10-20(24)25/h7,9,11-12,14-15H,8,10,13H2,1-6H3,(H-,24,25,26,27)/p+1/b9-7-,21-16-. The molecule has 0 saturated carbocycles. The predicted molar refractivity (Wildman–Crippen MR) is 117 cm³/mol. The Hall–Kier alpha value is -2.17. The van der Waals surface area contributed by atoms with Crippen LogP contribution in [0.5, 0.6) is 0 Å². The molecule has 28 heavy (non-hydrogen) atoms. The summed E-state index contributed by atoms with van der Waals surface area (Å²) in [5.41, 5.74) is 3.25. The van der Waals surface area contributed by atoms with Crippen molar-refractivity contribution in [1.29, 1.82) is 0 Å². The van der Waals surface area contributed by atoms with Gasteiger partial charge < -0.3 is 14.9 Å². The van der Waals surface area contributed by atoms with E-state index in [1.54, 1.807) is 0 Å². The molecule has 1 aromatic rings. The minimum absolute atomic E-state index is 0.0838. The van der Waals surface area contributed by atoms with Crippen LogP contribution in [0.4, 0.5) is 11.4 Å². The van der Waals surface area contributed by atoms with Gasteiger partial charge in [0.25, 0.3) is 0 Å². The van der Waals surface area contributed by atoms with Crippen molar-refractivity contribution >= 4 is 30.7 Å². The van der Waals surface area contributed by atoms with Crippen molar-refractivity contribution in [1.82, 2.24) is 0 Å². The Labute approximate surface area is 169 Å². The normalized spacial score (nSPS) is 12.9. The summed E-state index contributed by atoms with van der Waals surface area (Å²) in [7, 11) is 1.33. The van der Waals surface area contributed by atoms with Gasteiger partial charge in [-0.2, -0.15) is 4.89 Å². The molecule has 7 heteroatoms. The fourth-order valence-electron chi connectivity index (χ4n) is 3.09. The van der Waals surface area contributed by atoms with E-state index in [1.807, 2.05) is 77.0 Å². The lowest BCUT2D eigenvalue weighted by Gasteiger charge is -2.31. The highest BCUT2D eigenvalue weighted by molar-refractivity contribution is 7.50. The summed E-state index contributed by atoms with van der Waals surface area (Å²) in [6, 6.07) is 5.90. The zero-order chi connectivity index (χ0) is 21.4. The van der Waals surface area contributed by atoms with E-state index >= 15 is 0 Å². The highest BCUT2D eigenvalue weighted by atomic mass is 31.1. The van der Waals surface area contributed by atoms with E-state index in [1.165, 1.54) is 0 Å². The van der Waals surface area contributed by atoms with Crippen LogP contribution in [0.2, 0.25) is 0 Å². The molecule has 0 aliphatic carbocycles. The molecule has 6 nitrogen and oxygen atoms in total. The number of allylic oxidation sites excluding steroid dienone is 3. The molecule has 0 aliphatic heterocycles. The summed E-state index contributed by atoms with van der Waals surface area (Å²) in [5.74, 6) is -0.825.